The number of hydrogen-bond acceptors (Lipinski definition) is 4. The van der Waals surface area contributed by atoms with Gasteiger partial charge in [0, 0.05) is 5.56 Å². The van der Waals surface area contributed by atoms with E-state index in [1.54, 1.807) is 18.2 Å². The Hall–Kier alpha value is -2.24. The predicted octanol–water partition coefficient (Wildman–Crippen LogP) is 3.39. The van der Waals surface area contributed by atoms with E-state index in [1.807, 2.05) is 6.92 Å². The molecule has 1 aromatic rings. The van der Waals surface area contributed by atoms with Crippen molar-refractivity contribution in [3.8, 4) is 11.5 Å². The second-order valence-electron chi connectivity index (χ2n) is 6.73. The molecule has 1 atom stereocenters. The molecule has 0 heterocycles. The van der Waals surface area contributed by atoms with Crippen LogP contribution >= 0.6 is 0 Å². The second kappa shape index (κ2) is 8.23. The molecular formula is C19H27NO5. The molecule has 1 aromatic carbocycles. The maximum atomic E-state index is 12.5. The number of hydrogen-bond donors (Lipinski definition) is 2. The molecule has 1 unspecified atom stereocenters. The van der Waals surface area contributed by atoms with Gasteiger partial charge in [0.05, 0.1) is 13.2 Å². The Bertz CT molecular complexity index is 624. The molecule has 2 rings (SSSR count). The van der Waals surface area contributed by atoms with Gasteiger partial charge in [-0.25, -0.2) is 4.79 Å². The highest BCUT2D eigenvalue weighted by Crippen LogP contribution is 2.32. The van der Waals surface area contributed by atoms with Crippen molar-refractivity contribution in [1.82, 2.24) is 5.32 Å². The topological polar surface area (TPSA) is 84.9 Å². The van der Waals surface area contributed by atoms with Crippen LogP contribution in [-0.4, -0.2) is 35.7 Å². The summed E-state index contributed by atoms with van der Waals surface area (Å²) >= 11 is 0. The minimum Gasteiger partial charge on any atom is -0.493 e. The van der Waals surface area contributed by atoms with Crippen molar-refractivity contribution in [2.24, 2.45) is 0 Å². The van der Waals surface area contributed by atoms with Crippen LogP contribution in [0, 0.1) is 0 Å². The van der Waals surface area contributed by atoms with E-state index in [4.69, 9.17) is 9.47 Å². The van der Waals surface area contributed by atoms with Gasteiger partial charge in [-0.3, -0.25) is 4.79 Å². The number of carboxylic acid groups (broad SMARTS) is 1. The van der Waals surface area contributed by atoms with Crippen LogP contribution in [0.4, 0.5) is 0 Å². The zero-order valence-corrected chi connectivity index (χ0v) is 15.1. The lowest BCUT2D eigenvalue weighted by molar-refractivity contribution is -0.144. The molecule has 2 N–H and O–H groups in total. The van der Waals surface area contributed by atoms with Crippen LogP contribution in [0.15, 0.2) is 18.2 Å². The summed E-state index contributed by atoms with van der Waals surface area (Å²) in [7, 11) is 1.52. The molecule has 0 aliphatic heterocycles. The van der Waals surface area contributed by atoms with E-state index in [-0.39, 0.29) is 6.10 Å². The van der Waals surface area contributed by atoms with Gasteiger partial charge in [0.15, 0.2) is 11.5 Å². The smallest absolute Gasteiger partial charge is 0.329 e. The second-order valence-corrected chi connectivity index (χ2v) is 6.73. The van der Waals surface area contributed by atoms with Crippen molar-refractivity contribution in [1.29, 1.82) is 0 Å². The SMILES string of the molecule is CCCC(C)(NC(=O)c1ccc(OC2CCCC2)c(OC)c1)C(=O)O. The average molecular weight is 349 g/mol. The highest BCUT2D eigenvalue weighted by Gasteiger charge is 2.34. The standard InChI is InChI=1S/C19H27NO5/c1-4-11-19(2,18(22)23)20-17(21)13-9-10-15(16(12-13)24-3)25-14-7-5-6-8-14/h9-10,12,14H,4-8,11H2,1-3H3,(H,20,21)(H,22,23). The van der Waals surface area contributed by atoms with Gasteiger partial charge in [-0.2, -0.15) is 0 Å². The molecule has 1 amide bonds. The fourth-order valence-electron chi connectivity index (χ4n) is 3.14. The quantitative estimate of drug-likeness (QED) is 0.751. The van der Waals surface area contributed by atoms with E-state index in [0.29, 0.717) is 29.9 Å². The fourth-order valence-corrected chi connectivity index (χ4v) is 3.14. The predicted molar refractivity (Wildman–Crippen MR) is 94.3 cm³/mol. The molecule has 1 aliphatic rings. The Balaban J connectivity index is 2.15. The molecule has 25 heavy (non-hydrogen) atoms. The van der Waals surface area contributed by atoms with Gasteiger partial charge in [0.2, 0.25) is 0 Å². The number of rotatable bonds is 8. The normalized spacial score (nSPS) is 16.9. The minimum atomic E-state index is -1.29. The Morgan fingerprint density at radius 2 is 1.96 bits per heavy atom. The first-order valence-corrected chi connectivity index (χ1v) is 8.80. The van der Waals surface area contributed by atoms with Gasteiger partial charge in [-0.05, 0) is 57.2 Å². The lowest BCUT2D eigenvalue weighted by Gasteiger charge is -2.26. The Morgan fingerprint density at radius 3 is 2.52 bits per heavy atom. The van der Waals surface area contributed by atoms with Crippen LogP contribution in [0.25, 0.3) is 0 Å². The molecular weight excluding hydrogens is 322 g/mol. The number of methoxy groups -OCH3 is 1. The van der Waals surface area contributed by atoms with Crippen molar-refractivity contribution in [2.45, 2.75) is 64.0 Å². The van der Waals surface area contributed by atoms with Crippen molar-refractivity contribution in [3.63, 3.8) is 0 Å². The fraction of sp³-hybridized carbons (Fsp3) is 0.579. The van der Waals surface area contributed by atoms with Crippen LogP contribution in [-0.2, 0) is 4.79 Å². The van der Waals surface area contributed by atoms with Crippen LogP contribution < -0.4 is 14.8 Å². The molecule has 0 spiro atoms. The van der Waals surface area contributed by atoms with Gasteiger partial charge in [0.25, 0.3) is 5.91 Å². The summed E-state index contributed by atoms with van der Waals surface area (Å²) in [5, 5.41) is 12.0. The summed E-state index contributed by atoms with van der Waals surface area (Å²) in [5.74, 6) is -0.396. The van der Waals surface area contributed by atoms with Gasteiger partial charge in [0.1, 0.15) is 5.54 Å². The molecule has 6 heteroatoms. The van der Waals surface area contributed by atoms with Gasteiger partial charge in [-0.1, -0.05) is 13.3 Å². The van der Waals surface area contributed by atoms with Crippen LogP contribution in [0.3, 0.4) is 0 Å². The summed E-state index contributed by atoms with van der Waals surface area (Å²) in [6.07, 6.45) is 5.58. The third kappa shape index (κ3) is 4.65. The van der Waals surface area contributed by atoms with Crippen molar-refractivity contribution >= 4 is 11.9 Å². The number of carbonyl (C=O) groups excluding carboxylic acids is 1. The van der Waals surface area contributed by atoms with E-state index < -0.39 is 17.4 Å². The lowest BCUT2D eigenvalue weighted by Crippen LogP contribution is -2.52. The van der Waals surface area contributed by atoms with Crippen molar-refractivity contribution < 1.29 is 24.2 Å². The minimum absolute atomic E-state index is 0.188. The highest BCUT2D eigenvalue weighted by molar-refractivity contribution is 5.98. The zero-order valence-electron chi connectivity index (χ0n) is 15.1. The van der Waals surface area contributed by atoms with Gasteiger partial charge in [-0.15, -0.1) is 0 Å². The highest BCUT2D eigenvalue weighted by atomic mass is 16.5. The summed E-state index contributed by atoms with van der Waals surface area (Å²) in [5.41, 5.74) is -0.947. The maximum Gasteiger partial charge on any atom is 0.329 e. The molecule has 1 aliphatic carbocycles. The summed E-state index contributed by atoms with van der Waals surface area (Å²) in [6, 6.07) is 4.94. The third-order valence-corrected chi connectivity index (χ3v) is 4.63. The molecule has 0 saturated heterocycles. The van der Waals surface area contributed by atoms with E-state index >= 15 is 0 Å². The first-order valence-electron chi connectivity index (χ1n) is 8.80. The average Bonchev–Trinajstić information content (AvgIpc) is 3.08. The molecule has 138 valence electrons. The number of carbonyl (C=O) groups is 2. The van der Waals surface area contributed by atoms with Crippen molar-refractivity contribution in [3.05, 3.63) is 23.8 Å². The first kappa shape index (κ1) is 19.1. The number of amides is 1. The summed E-state index contributed by atoms with van der Waals surface area (Å²) < 4.78 is 11.3. The van der Waals surface area contributed by atoms with Gasteiger partial charge >= 0.3 is 5.97 Å². The number of nitrogens with one attached hydrogen (secondary N) is 1. The first-order chi connectivity index (χ1) is 11.9. The van der Waals surface area contributed by atoms with Gasteiger partial charge < -0.3 is 19.9 Å². The van der Waals surface area contributed by atoms with E-state index in [2.05, 4.69) is 5.32 Å². The van der Waals surface area contributed by atoms with E-state index in [1.165, 1.54) is 26.9 Å². The van der Waals surface area contributed by atoms with Crippen LogP contribution in [0.2, 0.25) is 0 Å². The summed E-state index contributed by atoms with van der Waals surface area (Å²) in [6.45, 7) is 3.40. The van der Waals surface area contributed by atoms with Crippen LogP contribution in [0.5, 0.6) is 11.5 Å². The molecule has 0 aromatic heterocycles. The Labute approximate surface area is 148 Å². The number of ether oxygens (including phenoxy) is 2. The zero-order chi connectivity index (χ0) is 18.4. The van der Waals surface area contributed by atoms with E-state index in [9.17, 15) is 14.7 Å². The van der Waals surface area contributed by atoms with E-state index in [0.717, 1.165) is 12.8 Å². The number of aliphatic carboxylic acids is 1. The molecule has 0 radical (unpaired) electrons. The largest absolute Gasteiger partial charge is 0.493 e. The lowest BCUT2D eigenvalue weighted by atomic mass is 9.95. The Morgan fingerprint density at radius 1 is 1.28 bits per heavy atom. The molecule has 0 bridgehead atoms. The Kier molecular flexibility index (Phi) is 6.28. The molecule has 1 fully saturated rings. The molecule has 6 nitrogen and oxygen atoms in total. The maximum absolute atomic E-state index is 12.5. The monoisotopic (exact) mass is 349 g/mol. The third-order valence-electron chi connectivity index (χ3n) is 4.63. The number of benzene rings is 1. The van der Waals surface area contributed by atoms with Crippen molar-refractivity contribution in [2.75, 3.05) is 7.11 Å². The number of carboxylic acids is 1. The molecule has 1 saturated carbocycles. The van der Waals surface area contributed by atoms with Crippen LogP contribution in [0.1, 0.15) is 62.7 Å². The summed E-state index contributed by atoms with van der Waals surface area (Å²) in [4.78, 5) is 24.0.